The Morgan fingerprint density at radius 2 is 2.00 bits per heavy atom. The van der Waals surface area contributed by atoms with Gasteiger partial charge in [0, 0.05) is 19.5 Å². The van der Waals surface area contributed by atoms with Crippen LogP contribution in [0.3, 0.4) is 0 Å². The van der Waals surface area contributed by atoms with Crippen LogP contribution in [0.1, 0.15) is 26.3 Å². The van der Waals surface area contributed by atoms with Crippen molar-refractivity contribution >= 4 is 18.0 Å². The molecule has 8 nitrogen and oxygen atoms in total. The van der Waals surface area contributed by atoms with Crippen LogP contribution in [0.15, 0.2) is 18.2 Å². The molecule has 0 fully saturated rings. The average Bonchev–Trinajstić information content (AvgIpc) is 2.58. The smallest absolute Gasteiger partial charge is 0.410 e. The van der Waals surface area contributed by atoms with E-state index >= 15 is 0 Å². The highest BCUT2D eigenvalue weighted by molar-refractivity contribution is 5.97. The van der Waals surface area contributed by atoms with Crippen LogP contribution >= 0.6 is 0 Å². The molecule has 1 aliphatic heterocycles. The molecule has 2 rings (SSSR count). The number of nitrogens with zero attached hydrogens (tertiary/aromatic N) is 1. The van der Waals surface area contributed by atoms with Crippen molar-refractivity contribution in [1.82, 2.24) is 4.90 Å². The van der Waals surface area contributed by atoms with Gasteiger partial charge in [-0.05, 0) is 32.4 Å². The first-order valence-electron chi connectivity index (χ1n) is 8.60. The fourth-order valence-electron chi connectivity index (χ4n) is 2.42. The number of ether oxygens (including phenoxy) is 4. The Morgan fingerprint density at radius 3 is 2.63 bits per heavy atom. The minimum Gasteiger partial charge on any atom is -0.492 e. The van der Waals surface area contributed by atoms with E-state index in [1.54, 1.807) is 46.0 Å². The largest absolute Gasteiger partial charge is 0.492 e. The van der Waals surface area contributed by atoms with Gasteiger partial charge in [-0.25, -0.2) is 4.79 Å². The van der Waals surface area contributed by atoms with Gasteiger partial charge in [0.15, 0.2) is 5.92 Å². The highest BCUT2D eigenvalue weighted by Crippen LogP contribution is 2.32. The van der Waals surface area contributed by atoms with Crippen LogP contribution in [0.4, 0.5) is 4.79 Å². The molecule has 0 bridgehead atoms. The maximum Gasteiger partial charge on any atom is 0.410 e. The standard InChI is InChI=1S/C19H25NO7/c1-19(2,3)27-18(23)20(4)8-9-25-13-7-6-12-10-14(16(21)24-5)17(22)26-15(12)11-13/h6-7,11,14H,8-10H2,1-5H3. The molecule has 0 aromatic heterocycles. The van der Waals surface area contributed by atoms with Crippen LogP contribution in [0.2, 0.25) is 0 Å². The topological polar surface area (TPSA) is 91.4 Å². The van der Waals surface area contributed by atoms with E-state index in [4.69, 9.17) is 14.2 Å². The molecular formula is C19H25NO7. The SMILES string of the molecule is COC(=O)C1Cc2ccc(OCCN(C)C(=O)OC(C)(C)C)cc2OC1=O. The quantitative estimate of drug-likeness (QED) is 0.440. The number of carbonyl (C=O) groups excluding carboxylic acids is 3. The Hall–Kier alpha value is -2.77. The molecule has 1 unspecified atom stereocenters. The molecule has 1 aliphatic rings. The third kappa shape index (κ3) is 5.60. The molecule has 0 saturated carbocycles. The Kier molecular flexibility index (Phi) is 6.30. The lowest BCUT2D eigenvalue weighted by Crippen LogP contribution is -2.36. The van der Waals surface area contributed by atoms with E-state index < -0.39 is 29.6 Å². The summed E-state index contributed by atoms with van der Waals surface area (Å²) in [5.41, 5.74) is 0.166. The van der Waals surface area contributed by atoms with Gasteiger partial charge in [-0.2, -0.15) is 0 Å². The normalized spacial score (nSPS) is 16.0. The van der Waals surface area contributed by atoms with Gasteiger partial charge in [0.1, 0.15) is 23.7 Å². The molecule has 1 heterocycles. The van der Waals surface area contributed by atoms with Gasteiger partial charge < -0.3 is 23.8 Å². The van der Waals surface area contributed by atoms with Gasteiger partial charge in [0.2, 0.25) is 0 Å². The number of fused-ring (bicyclic) bond motifs is 1. The number of amides is 1. The van der Waals surface area contributed by atoms with Gasteiger partial charge >= 0.3 is 18.0 Å². The number of carbonyl (C=O) groups is 3. The summed E-state index contributed by atoms with van der Waals surface area (Å²) in [6, 6.07) is 5.05. The van der Waals surface area contributed by atoms with Crippen LogP contribution in [0.25, 0.3) is 0 Å². The summed E-state index contributed by atoms with van der Waals surface area (Å²) in [4.78, 5) is 36.9. The first-order chi connectivity index (χ1) is 12.6. The lowest BCUT2D eigenvalue weighted by molar-refractivity contribution is -0.156. The van der Waals surface area contributed by atoms with Crippen LogP contribution in [0, 0.1) is 5.92 Å². The van der Waals surface area contributed by atoms with Crippen molar-refractivity contribution in [3.05, 3.63) is 23.8 Å². The van der Waals surface area contributed by atoms with Gasteiger partial charge in [0.25, 0.3) is 0 Å². The molecule has 27 heavy (non-hydrogen) atoms. The second-order valence-electron chi connectivity index (χ2n) is 7.22. The highest BCUT2D eigenvalue weighted by Gasteiger charge is 2.35. The fraction of sp³-hybridized carbons (Fsp3) is 0.526. The van der Waals surface area contributed by atoms with Crippen molar-refractivity contribution in [2.75, 3.05) is 27.3 Å². The predicted octanol–water partition coefficient (Wildman–Crippen LogP) is 2.18. The van der Waals surface area contributed by atoms with E-state index in [0.717, 1.165) is 5.56 Å². The Balaban J connectivity index is 1.91. The number of likely N-dealkylation sites (N-methyl/N-ethyl adjacent to an activating group) is 1. The molecule has 0 saturated heterocycles. The summed E-state index contributed by atoms with van der Waals surface area (Å²) in [5, 5.41) is 0. The number of benzene rings is 1. The number of rotatable bonds is 5. The lowest BCUT2D eigenvalue weighted by Gasteiger charge is -2.25. The number of hydrogen-bond donors (Lipinski definition) is 0. The van der Waals surface area contributed by atoms with Gasteiger partial charge in [-0.1, -0.05) is 6.07 Å². The van der Waals surface area contributed by atoms with Crippen molar-refractivity contribution in [3.8, 4) is 11.5 Å². The third-order valence-corrected chi connectivity index (χ3v) is 3.84. The molecule has 148 valence electrons. The lowest BCUT2D eigenvalue weighted by atomic mass is 9.96. The third-order valence-electron chi connectivity index (χ3n) is 3.84. The molecule has 1 aromatic rings. The summed E-state index contributed by atoms with van der Waals surface area (Å²) in [6.07, 6.45) is -0.206. The van der Waals surface area contributed by atoms with E-state index in [-0.39, 0.29) is 13.0 Å². The van der Waals surface area contributed by atoms with Crippen LogP contribution in [-0.4, -0.2) is 55.8 Å². The maximum absolute atomic E-state index is 11.9. The van der Waals surface area contributed by atoms with Crippen molar-refractivity contribution in [3.63, 3.8) is 0 Å². The van der Waals surface area contributed by atoms with E-state index in [0.29, 0.717) is 18.0 Å². The predicted molar refractivity (Wildman–Crippen MR) is 95.6 cm³/mol. The minimum atomic E-state index is -0.947. The number of hydrogen-bond acceptors (Lipinski definition) is 7. The van der Waals surface area contributed by atoms with E-state index in [1.807, 2.05) is 0 Å². The highest BCUT2D eigenvalue weighted by atomic mass is 16.6. The summed E-state index contributed by atoms with van der Waals surface area (Å²) in [5.74, 6) is -1.35. The summed E-state index contributed by atoms with van der Waals surface area (Å²) >= 11 is 0. The fourth-order valence-corrected chi connectivity index (χ4v) is 2.42. The molecule has 0 N–H and O–H groups in total. The summed E-state index contributed by atoms with van der Waals surface area (Å²) < 4.78 is 20.7. The van der Waals surface area contributed by atoms with Crippen LogP contribution < -0.4 is 9.47 Å². The zero-order valence-electron chi connectivity index (χ0n) is 16.2. The number of methoxy groups -OCH3 is 1. The number of esters is 2. The van der Waals surface area contributed by atoms with Crippen molar-refractivity contribution in [2.45, 2.75) is 32.8 Å². The van der Waals surface area contributed by atoms with Gasteiger partial charge in [0.05, 0.1) is 13.7 Å². The minimum absolute atomic E-state index is 0.225. The Labute approximate surface area is 158 Å². The summed E-state index contributed by atoms with van der Waals surface area (Å²) in [6.45, 7) is 5.97. The van der Waals surface area contributed by atoms with E-state index in [9.17, 15) is 14.4 Å². The molecule has 0 spiro atoms. The van der Waals surface area contributed by atoms with E-state index in [1.165, 1.54) is 12.0 Å². The summed E-state index contributed by atoms with van der Waals surface area (Å²) in [7, 11) is 2.86. The van der Waals surface area contributed by atoms with Gasteiger partial charge in [-0.3, -0.25) is 9.59 Å². The van der Waals surface area contributed by atoms with Crippen molar-refractivity contribution in [1.29, 1.82) is 0 Å². The zero-order valence-corrected chi connectivity index (χ0v) is 16.2. The maximum atomic E-state index is 11.9. The average molecular weight is 379 g/mol. The molecule has 0 aliphatic carbocycles. The van der Waals surface area contributed by atoms with Crippen LogP contribution in [0.5, 0.6) is 11.5 Å². The molecular weight excluding hydrogens is 354 g/mol. The Morgan fingerprint density at radius 1 is 1.30 bits per heavy atom. The monoisotopic (exact) mass is 379 g/mol. The second-order valence-corrected chi connectivity index (χ2v) is 7.22. The van der Waals surface area contributed by atoms with Crippen molar-refractivity contribution in [2.24, 2.45) is 5.92 Å². The molecule has 1 amide bonds. The van der Waals surface area contributed by atoms with Gasteiger partial charge in [-0.15, -0.1) is 0 Å². The zero-order chi connectivity index (χ0) is 20.2. The first kappa shape index (κ1) is 20.5. The first-order valence-corrected chi connectivity index (χ1v) is 8.60. The molecule has 1 atom stereocenters. The van der Waals surface area contributed by atoms with Crippen LogP contribution in [-0.2, 0) is 25.5 Å². The van der Waals surface area contributed by atoms with E-state index in [2.05, 4.69) is 4.74 Å². The van der Waals surface area contributed by atoms with Crippen molar-refractivity contribution < 1.29 is 33.3 Å². The molecule has 0 radical (unpaired) electrons. The molecule has 1 aromatic carbocycles. The Bertz CT molecular complexity index is 723. The second kappa shape index (κ2) is 8.28. The molecule has 8 heteroatoms.